The van der Waals surface area contributed by atoms with E-state index in [1.807, 2.05) is 19.1 Å². The number of aromatic nitrogens is 1. The van der Waals surface area contributed by atoms with E-state index in [1.165, 1.54) is 5.57 Å². The summed E-state index contributed by atoms with van der Waals surface area (Å²) in [5.74, 6) is 0.599. The summed E-state index contributed by atoms with van der Waals surface area (Å²) in [6.07, 6.45) is 12.4. The number of nitrogens with zero attached hydrogens (tertiary/aromatic N) is 2. The molecule has 0 radical (unpaired) electrons. The third kappa shape index (κ3) is 3.00. The third-order valence-corrected chi connectivity index (χ3v) is 12.5. The molecule has 38 heavy (non-hydrogen) atoms. The topological polar surface area (TPSA) is 98.8 Å². The molecule has 5 aliphatic rings. The van der Waals surface area contributed by atoms with Crippen LogP contribution < -0.4 is 0 Å². The van der Waals surface area contributed by atoms with E-state index in [0.717, 1.165) is 50.5 Å². The molecule has 1 aromatic rings. The van der Waals surface area contributed by atoms with Gasteiger partial charge in [-0.3, -0.25) is 9.59 Å². The summed E-state index contributed by atoms with van der Waals surface area (Å²) < 4.78 is 11.5. The lowest BCUT2D eigenvalue weighted by molar-refractivity contribution is -0.181. The van der Waals surface area contributed by atoms with Crippen molar-refractivity contribution in [3.8, 4) is 0 Å². The van der Waals surface area contributed by atoms with Crippen molar-refractivity contribution in [2.45, 2.75) is 104 Å². The number of hydrogen-bond donors (Lipinski definition) is 0. The van der Waals surface area contributed by atoms with Gasteiger partial charge in [0, 0.05) is 22.8 Å². The lowest BCUT2D eigenvalue weighted by Crippen LogP contribution is -2.66. The molecule has 7 nitrogen and oxygen atoms in total. The van der Waals surface area contributed by atoms with Gasteiger partial charge < -0.3 is 9.26 Å². The Morgan fingerprint density at radius 3 is 2.55 bits per heavy atom. The fraction of sp³-hybridized carbons (Fsp3) is 0.742. The summed E-state index contributed by atoms with van der Waals surface area (Å²) in [5, 5.41) is 4.07. The van der Waals surface area contributed by atoms with Crippen molar-refractivity contribution in [3.63, 3.8) is 0 Å². The standard InChI is InChI=1S/C31H40N2O5/c1-26(2)9-11-31(32-17-34)12-10-29(5)24(20(31)15-26)21(36)13-23-27(3)14-19-16-33-38-25(19)30(6,37-18-35)22(27)7-8-28(23,29)4/h13,16,18,20,22,24H,7-12,14-15H2,1-6H3/t20-,22+,24-,27-,28+,29+,30-,31-/m0/s1. The number of aliphatic imine (C=N–C) groups is 1. The van der Waals surface area contributed by atoms with Crippen molar-refractivity contribution in [2.24, 2.45) is 44.4 Å². The van der Waals surface area contributed by atoms with Crippen LogP contribution in [0.5, 0.6) is 0 Å². The molecule has 3 fully saturated rings. The van der Waals surface area contributed by atoms with Gasteiger partial charge in [0.05, 0.1) is 11.7 Å². The summed E-state index contributed by atoms with van der Waals surface area (Å²) in [4.78, 5) is 42.2. The van der Waals surface area contributed by atoms with Gasteiger partial charge in [0.1, 0.15) is 0 Å². The van der Waals surface area contributed by atoms with Crippen LogP contribution in [0.15, 0.2) is 27.4 Å². The van der Waals surface area contributed by atoms with Crippen LogP contribution in [0.2, 0.25) is 0 Å². The molecule has 8 atom stereocenters. The predicted octanol–water partition coefficient (Wildman–Crippen LogP) is 5.87. The molecule has 1 aromatic heterocycles. The smallest absolute Gasteiger partial charge is 0.294 e. The zero-order chi connectivity index (χ0) is 27.4. The molecule has 0 saturated heterocycles. The number of ketones is 1. The van der Waals surface area contributed by atoms with E-state index >= 15 is 0 Å². The van der Waals surface area contributed by atoms with E-state index in [9.17, 15) is 14.4 Å². The molecule has 0 aliphatic heterocycles. The number of carbonyl (C=O) groups is 2. The number of allylic oxidation sites excluding steroid dienone is 2. The van der Waals surface area contributed by atoms with Gasteiger partial charge in [0.2, 0.25) is 6.08 Å². The average molecular weight is 521 g/mol. The highest BCUT2D eigenvalue weighted by atomic mass is 16.6. The van der Waals surface area contributed by atoms with Crippen LogP contribution in [-0.4, -0.2) is 29.0 Å². The number of rotatable bonds is 3. The minimum Gasteiger partial charge on any atom is -0.453 e. The van der Waals surface area contributed by atoms with Gasteiger partial charge in [-0.15, -0.1) is 0 Å². The highest BCUT2D eigenvalue weighted by Crippen LogP contribution is 2.74. The maximum atomic E-state index is 14.4. The van der Waals surface area contributed by atoms with Gasteiger partial charge in [-0.25, -0.2) is 4.79 Å². The predicted molar refractivity (Wildman–Crippen MR) is 140 cm³/mol. The van der Waals surface area contributed by atoms with Crippen LogP contribution in [0, 0.1) is 39.4 Å². The summed E-state index contributed by atoms with van der Waals surface area (Å²) in [6, 6.07) is 0. The van der Waals surface area contributed by atoms with Gasteiger partial charge in [-0.1, -0.05) is 45.3 Å². The fourth-order valence-corrected chi connectivity index (χ4v) is 10.4. The molecule has 0 aromatic carbocycles. The largest absolute Gasteiger partial charge is 0.453 e. The quantitative estimate of drug-likeness (QED) is 0.281. The van der Waals surface area contributed by atoms with Crippen molar-refractivity contribution in [1.82, 2.24) is 5.16 Å². The van der Waals surface area contributed by atoms with E-state index in [1.54, 1.807) is 6.20 Å². The Morgan fingerprint density at radius 2 is 1.84 bits per heavy atom. The number of fused-ring (bicyclic) bond motifs is 8. The first-order chi connectivity index (χ1) is 17.8. The second kappa shape index (κ2) is 7.78. The van der Waals surface area contributed by atoms with Crippen LogP contribution in [0.1, 0.15) is 97.8 Å². The van der Waals surface area contributed by atoms with Crippen molar-refractivity contribution in [3.05, 3.63) is 29.2 Å². The molecular weight excluding hydrogens is 480 g/mol. The zero-order valence-corrected chi connectivity index (χ0v) is 23.6. The van der Waals surface area contributed by atoms with E-state index in [2.05, 4.69) is 44.8 Å². The molecule has 204 valence electrons. The molecule has 0 N–H and O–H groups in total. The molecule has 7 heteroatoms. The monoisotopic (exact) mass is 520 g/mol. The van der Waals surface area contributed by atoms with E-state index < -0.39 is 16.6 Å². The van der Waals surface area contributed by atoms with Crippen molar-refractivity contribution in [1.29, 1.82) is 0 Å². The minimum atomic E-state index is -0.947. The minimum absolute atomic E-state index is 0.0267. The van der Waals surface area contributed by atoms with Gasteiger partial charge in [0.15, 0.2) is 17.1 Å². The van der Waals surface area contributed by atoms with Gasteiger partial charge in [-0.05, 0) is 86.5 Å². The summed E-state index contributed by atoms with van der Waals surface area (Å²) in [6.45, 7) is 14.0. The van der Waals surface area contributed by atoms with Crippen LogP contribution >= 0.6 is 0 Å². The first kappa shape index (κ1) is 25.7. The van der Waals surface area contributed by atoms with Crippen LogP contribution in [0.3, 0.4) is 0 Å². The molecule has 0 bridgehead atoms. The van der Waals surface area contributed by atoms with Crippen LogP contribution in [0.25, 0.3) is 0 Å². The molecule has 3 saturated carbocycles. The molecule has 0 unspecified atom stereocenters. The van der Waals surface area contributed by atoms with E-state index in [0.29, 0.717) is 18.7 Å². The average Bonchev–Trinajstić information content (AvgIpc) is 3.30. The van der Waals surface area contributed by atoms with Gasteiger partial charge >= 0.3 is 0 Å². The maximum absolute atomic E-state index is 14.4. The van der Waals surface area contributed by atoms with Gasteiger partial charge in [-0.2, -0.15) is 4.99 Å². The third-order valence-electron chi connectivity index (χ3n) is 12.5. The Kier molecular flexibility index (Phi) is 5.27. The molecule has 0 amide bonds. The Balaban J connectivity index is 1.51. The molecule has 0 spiro atoms. The first-order valence-corrected chi connectivity index (χ1v) is 14.2. The zero-order valence-electron chi connectivity index (χ0n) is 23.6. The number of carbonyl (C=O) groups excluding carboxylic acids is 3. The molecule has 1 heterocycles. The highest BCUT2D eigenvalue weighted by Gasteiger charge is 2.71. The second-order valence-corrected chi connectivity index (χ2v) is 14.7. The van der Waals surface area contributed by atoms with Crippen LogP contribution in [-0.2, 0) is 31.1 Å². The normalized spacial score (nSPS) is 46.6. The number of isocyanates is 1. The number of hydrogen-bond acceptors (Lipinski definition) is 7. The van der Waals surface area contributed by atoms with Crippen molar-refractivity contribution in [2.75, 3.05) is 0 Å². The summed E-state index contributed by atoms with van der Waals surface area (Å²) >= 11 is 0. The second-order valence-electron chi connectivity index (χ2n) is 14.7. The van der Waals surface area contributed by atoms with Gasteiger partial charge in [0.25, 0.3) is 6.47 Å². The Hall–Kier alpha value is -2.53. The SMILES string of the molecule is CC1(C)CC[C@]2(N=C=O)CC[C@]3(C)[C@H](C(=O)C=C4[C@@]5(C)Cc6cnoc6[C@@](C)(OC=O)[C@@H]5CC[C@]43C)[C@@H]2C1. The van der Waals surface area contributed by atoms with E-state index in [-0.39, 0.29) is 39.8 Å². The fourth-order valence-electron chi connectivity index (χ4n) is 10.4. The van der Waals surface area contributed by atoms with E-state index in [4.69, 9.17) is 9.26 Å². The Bertz CT molecular complexity index is 1290. The molecule has 5 aliphatic carbocycles. The Morgan fingerprint density at radius 1 is 1.11 bits per heavy atom. The van der Waals surface area contributed by atoms with Crippen molar-refractivity contribution < 1.29 is 23.6 Å². The lowest BCUT2D eigenvalue weighted by atomic mass is 9.35. The molecular formula is C31H40N2O5. The summed E-state index contributed by atoms with van der Waals surface area (Å²) in [5.41, 5.74) is -0.0919. The Labute approximate surface area is 224 Å². The number of ether oxygens (including phenoxy) is 1. The maximum Gasteiger partial charge on any atom is 0.294 e. The molecule has 6 rings (SSSR count). The first-order valence-electron chi connectivity index (χ1n) is 14.2. The van der Waals surface area contributed by atoms with Crippen LogP contribution in [0.4, 0.5) is 0 Å². The highest BCUT2D eigenvalue weighted by molar-refractivity contribution is 5.95. The van der Waals surface area contributed by atoms with Crippen molar-refractivity contribution >= 4 is 18.3 Å². The summed E-state index contributed by atoms with van der Waals surface area (Å²) in [7, 11) is 0. The lowest BCUT2D eigenvalue weighted by Gasteiger charge is -2.68.